The molecule has 1 saturated heterocycles. The Balaban J connectivity index is 1.85. The average molecular weight is 447 g/mol. The van der Waals surface area contributed by atoms with Gasteiger partial charge in [0.2, 0.25) is 11.8 Å². The topological polar surface area (TPSA) is 84.9 Å². The fourth-order valence-electron chi connectivity index (χ4n) is 3.90. The molecule has 32 heavy (non-hydrogen) atoms. The van der Waals surface area contributed by atoms with Gasteiger partial charge in [-0.05, 0) is 49.3 Å². The molecule has 0 aliphatic carbocycles. The number of nitrogens with one attached hydrogen (secondary N) is 1. The Morgan fingerprint density at radius 3 is 2.38 bits per heavy atom. The first kappa shape index (κ1) is 25.7. The van der Waals surface area contributed by atoms with E-state index in [0.29, 0.717) is 39.0 Å². The number of unbranched alkanes of at least 4 members (excludes halogenated alkanes) is 1. The number of hydrogen-bond donors (Lipinski definition) is 1. The molecule has 2 rings (SSSR count). The van der Waals surface area contributed by atoms with Crippen molar-refractivity contribution in [2.75, 3.05) is 26.8 Å². The van der Waals surface area contributed by atoms with E-state index in [4.69, 9.17) is 9.47 Å². The summed E-state index contributed by atoms with van der Waals surface area (Å²) in [5.74, 6) is 0.603. The highest BCUT2D eigenvalue weighted by Gasteiger charge is 2.27. The Kier molecular flexibility index (Phi) is 11.0. The maximum absolute atomic E-state index is 12.6. The molecular formula is C25H38N2O5. The van der Waals surface area contributed by atoms with Gasteiger partial charge >= 0.3 is 5.97 Å². The minimum absolute atomic E-state index is 0.154. The normalized spacial score (nSPS) is 15.2. The van der Waals surface area contributed by atoms with Crippen LogP contribution in [0.2, 0.25) is 0 Å². The van der Waals surface area contributed by atoms with Crippen LogP contribution in [0.15, 0.2) is 24.3 Å². The van der Waals surface area contributed by atoms with Gasteiger partial charge in [-0.2, -0.15) is 0 Å². The van der Waals surface area contributed by atoms with Crippen LogP contribution in [0.3, 0.4) is 0 Å². The Morgan fingerprint density at radius 1 is 1.09 bits per heavy atom. The Bertz CT molecular complexity index is 726. The lowest BCUT2D eigenvalue weighted by atomic mass is 9.92. The predicted molar refractivity (Wildman–Crippen MR) is 123 cm³/mol. The summed E-state index contributed by atoms with van der Waals surface area (Å²) >= 11 is 0. The van der Waals surface area contributed by atoms with Crippen LogP contribution in [0.5, 0.6) is 5.75 Å². The third-order valence-corrected chi connectivity index (χ3v) is 5.86. The molecule has 7 nitrogen and oxygen atoms in total. The molecule has 1 N–H and O–H groups in total. The quantitative estimate of drug-likeness (QED) is 0.392. The lowest BCUT2D eigenvalue weighted by molar-refractivity contribution is -0.145. The van der Waals surface area contributed by atoms with E-state index < -0.39 is 12.0 Å². The van der Waals surface area contributed by atoms with Crippen molar-refractivity contribution in [3.05, 3.63) is 29.8 Å². The lowest BCUT2D eigenvalue weighted by Crippen LogP contribution is -2.44. The number of amides is 2. The van der Waals surface area contributed by atoms with Crippen molar-refractivity contribution < 1.29 is 23.9 Å². The Morgan fingerprint density at radius 2 is 1.78 bits per heavy atom. The second-order valence-electron chi connectivity index (χ2n) is 8.47. The molecule has 0 spiro atoms. The lowest BCUT2D eigenvalue weighted by Gasteiger charge is -2.32. The van der Waals surface area contributed by atoms with Crippen LogP contribution in [-0.2, 0) is 25.5 Å². The highest BCUT2D eigenvalue weighted by atomic mass is 16.5. The smallest absolute Gasteiger partial charge is 0.328 e. The van der Waals surface area contributed by atoms with Gasteiger partial charge in [-0.25, -0.2) is 4.79 Å². The number of esters is 1. The fraction of sp³-hybridized carbons (Fsp3) is 0.640. The van der Waals surface area contributed by atoms with E-state index >= 15 is 0 Å². The SMILES string of the molecule is CCCCOc1ccc(CC(NC(=O)CC2CCN(C(=O)CCC)CC2)C(=O)OC)cc1. The first-order valence-corrected chi connectivity index (χ1v) is 11.8. The number of likely N-dealkylation sites (tertiary alicyclic amines) is 1. The molecule has 1 heterocycles. The summed E-state index contributed by atoms with van der Waals surface area (Å²) in [5, 5.41) is 2.85. The van der Waals surface area contributed by atoms with Gasteiger partial charge in [0.25, 0.3) is 0 Å². The highest BCUT2D eigenvalue weighted by Crippen LogP contribution is 2.21. The summed E-state index contributed by atoms with van der Waals surface area (Å²) < 4.78 is 10.6. The molecule has 1 aliphatic heterocycles. The molecule has 1 aromatic carbocycles. The van der Waals surface area contributed by atoms with Crippen LogP contribution in [0.25, 0.3) is 0 Å². The van der Waals surface area contributed by atoms with Crippen LogP contribution in [0.1, 0.15) is 64.4 Å². The van der Waals surface area contributed by atoms with Crippen molar-refractivity contribution in [3.8, 4) is 5.75 Å². The van der Waals surface area contributed by atoms with Gasteiger partial charge in [0.1, 0.15) is 11.8 Å². The van der Waals surface area contributed by atoms with Gasteiger partial charge in [-0.15, -0.1) is 0 Å². The number of hydrogen-bond acceptors (Lipinski definition) is 5. The molecular weight excluding hydrogens is 408 g/mol. The fourth-order valence-corrected chi connectivity index (χ4v) is 3.90. The summed E-state index contributed by atoms with van der Waals surface area (Å²) in [6, 6.07) is 6.85. The third kappa shape index (κ3) is 8.52. The Hall–Kier alpha value is -2.57. The molecule has 1 atom stereocenters. The zero-order valence-electron chi connectivity index (χ0n) is 19.7. The van der Waals surface area contributed by atoms with E-state index in [1.165, 1.54) is 7.11 Å². The summed E-state index contributed by atoms with van der Waals surface area (Å²) in [7, 11) is 1.33. The van der Waals surface area contributed by atoms with Crippen molar-refractivity contribution >= 4 is 17.8 Å². The van der Waals surface area contributed by atoms with Gasteiger partial charge in [0.15, 0.2) is 0 Å². The van der Waals surface area contributed by atoms with Crippen LogP contribution in [-0.4, -0.2) is 55.5 Å². The van der Waals surface area contributed by atoms with Crippen molar-refractivity contribution in [2.45, 2.75) is 71.3 Å². The standard InChI is InChI=1S/C25H38N2O5/c1-4-6-16-32-21-10-8-19(9-11-21)17-22(25(30)31-3)26-23(28)18-20-12-14-27(15-13-20)24(29)7-5-2/h8-11,20,22H,4-7,12-18H2,1-3H3,(H,26,28). The molecule has 0 saturated carbocycles. The number of carbonyl (C=O) groups excluding carboxylic acids is 3. The maximum atomic E-state index is 12.6. The van der Waals surface area contributed by atoms with Crippen molar-refractivity contribution in [1.29, 1.82) is 0 Å². The minimum Gasteiger partial charge on any atom is -0.494 e. The van der Waals surface area contributed by atoms with Gasteiger partial charge in [-0.3, -0.25) is 9.59 Å². The molecule has 2 amide bonds. The molecule has 1 aromatic rings. The molecule has 1 aliphatic rings. The second kappa shape index (κ2) is 13.8. The van der Waals surface area contributed by atoms with Gasteiger partial charge < -0.3 is 19.7 Å². The monoisotopic (exact) mass is 446 g/mol. The summed E-state index contributed by atoms with van der Waals surface area (Å²) in [6.07, 6.45) is 5.85. The van der Waals surface area contributed by atoms with Crippen LogP contribution in [0.4, 0.5) is 0 Å². The first-order chi connectivity index (χ1) is 15.5. The zero-order chi connectivity index (χ0) is 23.3. The zero-order valence-corrected chi connectivity index (χ0v) is 19.7. The third-order valence-electron chi connectivity index (χ3n) is 5.86. The van der Waals surface area contributed by atoms with Crippen LogP contribution >= 0.6 is 0 Å². The number of benzene rings is 1. The highest BCUT2D eigenvalue weighted by molar-refractivity contribution is 5.84. The minimum atomic E-state index is -0.731. The molecule has 178 valence electrons. The van der Waals surface area contributed by atoms with Crippen molar-refractivity contribution in [3.63, 3.8) is 0 Å². The summed E-state index contributed by atoms with van der Waals surface area (Å²) in [5.41, 5.74) is 0.922. The molecule has 0 bridgehead atoms. The maximum Gasteiger partial charge on any atom is 0.328 e. The van der Waals surface area contributed by atoms with E-state index in [-0.39, 0.29) is 17.7 Å². The number of piperidine rings is 1. The van der Waals surface area contributed by atoms with E-state index in [2.05, 4.69) is 12.2 Å². The largest absolute Gasteiger partial charge is 0.494 e. The van der Waals surface area contributed by atoms with E-state index in [0.717, 1.165) is 43.4 Å². The van der Waals surface area contributed by atoms with Crippen molar-refractivity contribution in [2.24, 2.45) is 5.92 Å². The average Bonchev–Trinajstić information content (AvgIpc) is 2.80. The van der Waals surface area contributed by atoms with Gasteiger partial charge in [-0.1, -0.05) is 32.4 Å². The molecule has 7 heteroatoms. The van der Waals surface area contributed by atoms with E-state index in [9.17, 15) is 14.4 Å². The van der Waals surface area contributed by atoms with Gasteiger partial charge in [0.05, 0.1) is 13.7 Å². The number of carbonyl (C=O) groups is 3. The van der Waals surface area contributed by atoms with E-state index in [1.54, 1.807) is 0 Å². The van der Waals surface area contributed by atoms with Crippen LogP contribution in [0, 0.1) is 5.92 Å². The number of methoxy groups -OCH3 is 1. The Labute approximate surface area is 191 Å². The predicted octanol–water partition coefficient (Wildman–Crippen LogP) is 3.49. The number of ether oxygens (including phenoxy) is 2. The molecule has 0 aromatic heterocycles. The first-order valence-electron chi connectivity index (χ1n) is 11.8. The molecule has 1 unspecified atom stereocenters. The van der Waals surface area contributed by atoms with E-state index in [1.807, 2.05) is 36.1 Å². The summed E-state index contributed by atoms with van der Waals surface area (Å²) in [4.78, 5) is 38.8. The summed E-state index contributed by atoms with van der Waals surface area (Å²) in [6.45, 7) is 6.20. The van der Waals surface area contributed by atoms with Crippen LogP contribution < -0.4 is 10.1 Å². The number of rotatable bonds is 12. The van der Waals surface area contributed by atoms with Gasteiger partial charge in [0, 0.05) is 32.4 Å². The molecule has 0 radical (unpaired) electrons. The second-order valence-corrected chi connectivity index (χ2v) is 8.47. The van der Waals surface area contributed by atoms with Crippen molar-refractivity contribution in [1.82, 2.24) is 10.2 Å². The number of nitrogens with zero attached hydrogens (tertiary/aromatic N) is 1. The molecule has 1 fully saturated rings.